The zero-order valence-electron chi connectivity index (χ0n) is 22.5. The first kappa shape index (κ1) is 29.8. The van der Waals surface area contributed by atoms with E-state index in [0.29, 0.717) is 22.2 Å². The van der Waals surface area contributed by atoms with Gasteiger partial charge in [0.05, 0.1) is 7.11 Å². The number of carboxylic acid groups (broad SMARTS) is 1. The molecular weight excluding hydrogens is 599 g/mol. The van der Waals surface area contributed by atoms with Gasteiger partial charge in [0.25, 0.3) is 0 Å². The molecule has 6 rings (SSSR count). The molecule has 0 fully saturated rings. The number of fused-ring (bicyclic) bond motifs is 2. The van der Waals surface area contributed by atoms with Crippen LogP contribution in [0.5, 0.6) is 0 Å². The number of hydrogen-bond acceptors (Lipinski definition) is 7. The van der Waals surface area contributed by atoms with Gasteiger partial charge in [-0.3, -0.25) is 14.6 Å². The van der Waals surface area contributed by atoms with E-state index < -0.39 is 18.1 Å². The normalized spacial score (nSPS) is 16.5. The van der Waals surface area contributed by atoms with Crippen molar-refractivity contribution in [2.24, 2.45) is 0 Å². The third-order valence-electron chi connectivity index (χ3n) is 7.46. The zero-order chi connectivity index (χ0) is 28.9. The largest absolute Gasteiger partial charge is 0.480 e. The Morgan fingerprint density at radius 2 is 1.24 bits per heavy atom. The molecule has 2 aliphatic heterocycles. The van der Waals surface area contributed by atoms with Gasteiger partial charge in [-0.2, -0.15) is 0 Å². The maximum absolute atomic E-state index is 12.3. The number of hydrogen-bond donors (Lipinski definition) is 1. The summed E-state index contributed by atoms with van der Waals surface area (Å²) in [4.78, 5) is 30.9. The highest BCUT2D eigenvalue weighted by molar-refractivity contribution is 7.10. The summed E-state index contributed by atoms with van der Waals surface area (Å²) in [7, 11) is 1.42. The summed E-state index contributed by atoms with van der Waals surface area (Å²) in [5.74, 6) is -1.11. The molecule has 0 bridgehead atoms. The fourth-order valence-electron chi connectivity index (χ4n) is 5.45. The summed E-state index contributed by atoms with van der Waals surface area (Å²) < 4.78 is 5.01. The second kappa shape index (κ2) is 13.5. The average molecular weight is 630 g/mol. The summed E-state index contributed by atoms with van der Waals surface area (Å²) in [5.41, 5.74) is 4.01. The Morgan fingerprint density at radius 1 is 0.780 bits per heavy atom. The van der Waals surface area contributed by atoms with Crippen molar-refractivity contribution in [3.63, 3.8) is 0 Å². The van der Waals surface area contributed by atoms with E-state index in [1.54, 1.807) is 34.8 Å². The van der Waals surface area contributed by atoms with Crippen LogP contribution < -0.4 is 0 Å². The van der Waals surface area contributed by atoms with Gasteiger partial charge in [0.1, 0.15) is 12.1 Å². The lowest BCUT2D eigenvalue weighted by Gasteiger charge is -2.33. The number of carbonyl (C=O) groups is 2. The molecule has 0 aliphatic carbocycles. The van der Waals surface area contributed by atoms with Crippen LogP contribution in [0, 0.1) is 0 Å². The number of carbonyl (C=O) groups excluding carboxylic acids is 1. The average Bonchev–Trinajstić information content (AvgIpc) is 3.64. The van der Waals surface area contributed by atoms with E-state index in [1.807, 2.05) is 41.3 Å². The van der Waals surface area contributed by atoms with Crippen molar-refractivity contribution in [3.05, 3.63) is 113 Å². The van der Waals surface area contributed by atoms with Gasteiger partial charge in [-0.15, -0.1) is 22.7 Å². The van der Waals surface area contributed by atoms with E-state index in [1.165, 1.54) is 28.0 Å². The van der Waals surface area contributed by atoms with Crippen molar-refractivity contribution in [1.82, 2.24) is 9.80 Å². The zero-order valence-corrected chi connectivity index (χ0v) is 25.6. The molecule has 41 heavy (non-hydrogen) atoms. The minimum Gasteiger partial charge on any atom is -0.480 e. The van der Waals surface area contributed by atoms with E-state index in [2.05, 4.69) is 27.8 Å². The number of benzene rings is 2. The van der Waals surface area contributed by atoms with Crippen molar-refractivity contribution in [2.45, 2.75) is 38.0 Å². The molecule has 2 aliphatic rings. The van der Waals surface area contributed by atoms with E-state index in [-0.39, 0.29) is 5.97 Å². The maximum Gasteiger partial charge on any atom is 0.327 e. The molecule has 0 radical (unpaired) electrons. The van der Waals surface area contributed by atoms with Crippen molar-refractivity contribution < 1.29 is 19.4 Å². The number of halogens is 2. The Hall–Kier alpha value is -2.72. The number of thiophene rings is 2. The molecular formula is C31H30Cl2N2O4S2. The highest BCUT2D eigenvalue weighted by Gasteiger charge is 2.33. The first-order valence-electron chi connectivity index (χ1n) is 13.3. The molecule has 0 saturated carbocycles. The van der Waals surface area contributed by atoms with Crippen LogP contribution in [0.2, 0.25) is 10.0 Å². The number of carboxylic acids is 1. The van der Waals surface area contributed by atoms with Crippen molar-refractivity contribution in [3.8, 4) is 0 Å². The molecule has 214 valence electrons. The van der Waals surface area contributed by atoms with Crippen molar-refractivity contribution >= 4 is 57.8 Å². The van der Waals surface area contributed by atoms with E-state index >= 15 is 0 Å². The first-order chi connectivity index (χ1) is 19.9. The molecule has 4 heterocycles. The van der Waals surface area contributed by atoms with E-state index in [0.717, 1.165) is 38.0 Å². The lowest BCUT2D eigenvalue weighted by molar-refractivity contribution is -0.148. The summed E-state index contributed by atoms with van der Waals surface area (Å²) in [6.07, 6.45) is 1.87. The van der Waals surface area contributed by atoms with Gasteiger partial charge in [-0.1, -0.05) is 59.6 Å². The van der Waals surface area contributed by atoms with Crippen LogP contribution >= 0.6 is 45.9 Å². The van der Waals surface area contributed by atoms with Crippen LogP contribution in [-0.2, 0) is 40.3 Å². The van der Waals surface area contributed by atoms with E-state index in [4.69, 9.17) is 27.9 Å². The first-order valence-corrected chi connectivity index (χ1v) is 15.8. The molecule has 0 unspecified atom stereocenters. The number of esters is 1. The molecule has 1 N–H and O–H groups in total. The lowest BCUT2D eigenvalue weighted by atomic mass is 10.0. The highest BCUT2D eigenvalue weighted by Crippen LogP contribution is 2.35. The van der Waals surface area contributed by atoms with Gasteiger partial charge >= 0.3 is 11.9 Å². The lowest BCUT2D eigenvalue weighted by Crippen LogP contribution is -2.38. The van der Waals surface area contributed by atoms with E-state index in [9.17, 15) is 14.7 Å². The maximum atomic E-state index is 12.3. The molecule has 4 aromatic rings. The molecule has 10 heteroatoms. The van der Waals surface area contributed by atoms with Crippen LogP contribution in [0.15, 0.2) is 71.4 Å². The van der Waals surface area contributed by atoms with Crippen molar-refractivity contribution in [2.75, 3.05) is 20.2 Å². The summed E-state index contributed by atoms with van der Waals surface area (Å²) >= 11 is 16.0. The van der Waals surface area contributed by atoms with Crippen LogP contribution in [0.1, 0.15) is 44.1 Å². The fraction of sp³-hybridized carbons (Fsp3) is 0.290. The Morgan fingerprint density at radius 3 is 1.71 bits per heavy atom. The van der Waals surface area contributed by atoms with Gasteiger partial charge in [0.15, 0.2) is 0 Å². The smallest absolute Gasteiger partial charge is 0.327 e. The fourth-order valence-corrected chi connectivity index (χ4v) is 7.70. The van der Waals surface area contributed by atoms with Crippen LogP contribution in [0.25, 0.3) is 0 Å². The Balaban J connectivity index is 0.000000165. The third-order valence-corrected chi connectivity index (χ3v) is 10.2. The Labute approximate surface area is 257 Å². The van der Waals surface area contributed by atoms with Gasteiger partial charge < -0.3 is 9.84 Å². The number of methoxy groups -OCH3 is 1. The molecule has 2 atom stereocenters. The van der Waals surface area contributed by atoms with Crippen LogP contribution in [0.3, 0.4) is 0 Å². The molecule has 0 spiro atoms. The number of rotatable bonds is 6. The second-order valence-corrected chi connectivity index (χ2v) is 12.7. The number of aliphatic carboxylic acids is 1. The van der Waals surface area contributed by atoms with Gasteiger partial charge in [-0.05, 0) is 70.1 Å². The SMILES string of the molecule is COC(=O)[C@H](c1ccccc1Cl)N1CCc2sccc2C1.O=C(O)[C@H](c1ccccc1Cl)N1CCc2sccc2C1. The standard InChI is InChI=1S/C16H16ClNO2S.C15H14ClNO2S/c1-20-16(19)15(12-4-2-3-5-13(12)17)18-8-6-14-11(10-18)7-9-21-14;16-12-4-2-1-3-11(12)14(15(18)19)17-7-5-13-10(9-17)6-8-20-13/h2-5,7,9,15H,6,8,10H2,1H3;1-4,6,8,14H,5,7,9H2,(H,18,19)/t15-;14-/m00/s1. The topological polar surface area (TPSA) is 70.1 Å². The third kappa shape index (κ3) is 6.69. The minimum absolute atomic E-state index is 0.262. The van der Waals surface area contributed by atoms with Crippen molar-refractivity contribution in [1.29, 1.82) is 0 Å². The number of ether oxygens (including phenoxy) is 1. The predicted molar refractivity (Wildman–Crippen MR) is 165 cm³/mol. The summed E-state index contributed by atoms with van der Waals surface area (Å²) in [6.45, 7) is 3.00. The highest BCUT2D eigenvalue weighted by atomic mass is 35.5. The Bertz CT molecular complexity index is 1520. The quantitative estimate of drug-likeness (QED) is 0.227. The molecule has 0 amide bonds. The molecule has 2 aromatic heterocycles. The Kier molecular flexibility index (Phi) is 9.80. The minimum atomic E-state index is -0.850. The summed E-state index contributed by atoms with van der Waals surface area (Å²) in [5, 5.41) is 14.9. The summed E-state index contributed by atoms with van der Waals surface area (Å²) in [6, 6.07) is 17.7. The van der Waals surface area contributed by atoms with Gasteiger partial charge in [0.2, 0.25) is 0 Å². The van der Waals surface area contributed by atoms with Crippen LogP contribution in [-0.4, -0.2) is 47.0 Å². The monoisotopic (exact) mass is 628 g/mol. The molecule has 2 aromatic carbocycles. The molecule has 0 saturated heterocycles. The van der Waals surface area contributed by atoms with Gasteiger partial charge in [-0.25, -0.2) is 4.79 Å². The van der Waals surface area contributed by atoms with Gasteiger partial charge in [0, 0.05) is 46.0 Å². The number of nitrogens with zero attached hydrogens (tertiary/aromatic N) is 2. The molecule has 6 nitrogen and oxygen atoms in total. The second-order valence-electron chi connectivity index (χ2n) is 9.89. The van der Waals surface area contributed by atoms with Crippen LogP contribution in [0.4, 0.5) is 0 Å². The predicted octanol–water partition coefficient (Wildman–Crippen LogP) is 7.26.